The van der Waals surface area contributed by atoms with Crippen LogP contribution in [-0.2, 0) is 0 Å². The van der Waals surface area contributed by atoms with Crippen LogP contribution in [0.25, 0.3) is 0 Å². The first-order chi connectivity index (χ1) is 10.7. The molecule has 0 amide bonds. The number of allylic oxidation sites excluding steroid dienone is 1. The molecule has 1 unspecified atom stereocenters. The predicted octanol–water partition coefficient (Wildman–Crippen LogP) is 1.01. The zero-order valence-corrected chi connectivity index (χ0v) is 16.8. The molecule has 3 heteroatoms. The molecule has 1 aromatic carbocycles. The number of nitrogens with zero attached hydrogens (tertiary/aromatic N) is 2. The van der Waals surface area contributed by atoms with E-state index in [1.807, 2.05) is 0 Å². The standard InChI is InChI=1S/C20H31N2.HI/c1-3-22(2)16-14-21(15-17-22)20(18-10-6-4-7-11-18)19-12-8-5-9-13-19;/h4,6-7,10-12,20H,3,5,8-9,13-17H2,1-2H3;1H/q+1;/p-1. The lowest BCUT2D eigenvalue weighted by molar-refractivity contribution is -0.912. The SMILES string of the molecule is CC[N+]1(C)CCN(C(C2=CCCCC2)c2ccccc2)CC1.[I-]. The summed E-state index contributed by atoms with van der Waals surface area (Å²) in [6.45, 7) is 8.60. The maximum atomic E-state index is 2.74. The van der Waals surface area contributed by atoms with Crippen LogP contribution in [0.3, 0.4) is 0 Å². The van der Waals surface area contributed by atoms with Gasteiger partial charge in [-0.15, -0.1) is 0 Å². The molecule has 0 aromatic heterocycles. The van der Waals surface area contributed by atoms with Crippen LogP contribution in [0.5, 0.6) is 0 Å². The molecule has 0 radical (unpaired) electrons. The fraction of sp³-hybridized carbons (Fsp3) is 0.600. The summed E-state index contributed by atoms with van der Waals surface area (Å²) in [4.78, 5) is 2.74. The van der Waals surface area contributed by atoms with Gasteiger partial charge >= 0.3 is 0 Å². The zero-order chi connectivity index (χ0) is 15.4. The van der Waals surface area contributed by atoms with E-state index >= 15 is 0 Å². The van der Waals surface area contributed by atoms with Crippen LogP contribution >= 0.6 is 0 Å². The third-order valence-corrected chi connectivity index (χ3v) is 5.78. The van der Waals surface area contributed by atoms with Gasteiger partial charge in [0.15, 0.2) is 0 Å². The molecular weight excluding hydrogens is 395 g/mol. The van der Waals surface area contributed by atoms with Crippen LogP contribution in [0.4, 0.5) is 0 Å². The van der Waals surface area contributed by atoms with E-state index in [1.54, 1.807) is 5.57 Å². The summed E-state index contributed by atoms with van der Waals surface area (Å²) in [6, 6.07) is 11.7. The minimum absolute atomic E-state index is 0. The Balaban J connectivity index is 0.00000192. The smallest absolute Gasteiger partial charge is 0.0914 e. The highest BCUT2D eigenvalue weighted by atomic mass is 127. The second-order valence-electron chi connectivity index (χ2n) is 7.26. The Morgan fingerprint density at radius 1 is 1.09 bits per heavy atom. The molecule has 128 valence electrons. The van der Waals surface area contributed by atoms with Crippen molar-refractivity contribution in [1.29, 1.82) is 0 Å². The average Bonchev–Trinajstić information content (AvgIpc) is 2.59. The van der Waals surface area contributed by atoms with Gasteiger partial charge in [0.1, 0.15) is 0 Å². The molecule has 2 nitrogen and oxygen atoms in total. The van der Waals surface area contributed by atoms with Crippen molar-refractivity contribution in [2.24, 2.45) is 0 Å². The average molecular weight is 426 g/mol. The fourth-order valence-electron chi connectivity index (χ4n) is 3.94. The number of piperazine rings is 1. The monoisotopic (exact) mass is 426 g/mol. The van der Waals surface area contributed by atoms with E-state index in [1.165, 1.54) is 68.5 Å². The second kappa shape index (κ2) is 8.63. The van der Waals surface area contributed by atoms with Crippen LogP contribution in [0.1, 0.15) is 44.2 Å². The normalized spacial score (nSPS) is 22.8. The molecule has 0 saturated carbocycles. The Morgan fingerprint density at radius 2 is 1.78 bits per heavy atom. The van der Waals surface area contributed by atoms with Crippen molar-refractivity contribution in [3.63, 3.8) is 0 Å². The van der Waals surface area contributed by atoms with Crippen molar-refractivity contribution in [2.75, 3.05) is 39.8 Å². The molecular formula is C20H31IN2. The van der Waals surface area contributed by atoms with Gasteiger partial charge in [-0.05, 0) is 38.2 Å². The lowest BCUT2D eigenvalue weighted by atomic mass is 9.88. The Hall–Kier alpha value is -0.390. The molecule has 2 aliphatic rings. The summed E-state index contributed by atoms with van der Waals surface area (Å²) >= 11 is 0. The van der Waals surface area contributed by atoms with Crippen molar-refractivity contribution in [3.8, 4) is 0 Å². The summed E-state index contributed by atoms with van der Waals surface area (Å²) < 4.78 is 1.23. The van der Waals surface area contributed by atoms with E-state index in [2.05, 4.69) is 55.3 Å². The number of benzene rings is 1. The van der Waals surface area contributed by atoms with Gasteiger partial charge in [-0.2, -0.15) is 0 Å². The molecule has 0 N–H and O–H groups in total. The Bertz CT molecular complexity index is 504. The number of hydrogen-bond acceptors (Lipinski definition) is 1. The van der Waals surface area contributed by atoms with E-state index in [0.29, 0.717) is 6.04 Å². The van der Waals surface area contributed by atoms with Crippen molar-refractivity contribution in [3.05, 3.63) is 47.5 Å². The van der Waals surface area contributed by atoms with Crippen molar-refractivity contribution in [1.82, 2.24) is 4.90 Å². The van der Waals surface area contributed by atoms with Crippen molar-refractivity contribution >= 4 is 0 Å². The Kier molecular flexibility index (Phi) is 7.11. The van der Waals surface area contributed by atoms with E-state index < -0.39 is 0 Å². The minimum Gasteiger partial charge on any atom is -1.00 e. The predicted molar refractivity (Wildman–Crippen MR) is 93.8 cm³/mol. The second-order valence-corrected chi connectivity index (χ2v) is 7.26. The van der Waals surface area contributed by atoms with E-state index in [4.69, 9.17) is 0 Å². The largest absolute Gasteiger partial charge is 1.00 e. The molecule has 1 aliphatic carbocycles. The van der Waals surface area contributed by atoms with E-state index in [9.17, 15) is 0 Å². The minimum atomic E-state index is 0. The summed E-state index contributed by atoms with van der Waals surface area (Å²) in [7, 11) is 2.41. The molecule has 1 aromatic rings. The highest BCUT2D eigenvalue weighted by Gasteiger charge is 2.33. The highest BCUT2D eigenvalue weighted by Crippen LogP contribution is 2.35. The van der Waals surface area contributed by atoms with Gasteiger partial charge in [-0.25, -0.2) is 0 Å². The first kappa shape index (κ1) is 18.9. The Labute approximate surface area is 159 Å². The van der Waals surface area contributed by atoms with Crippen LogP contribution in [0.2, 0.25) is 0 Å². The summed E-state index contributed by atoms with van der Waals surface area (Å²) in [5, 5.41) is 0. The zero-order valence-electron chi connectivity index (χ0n) is 14.7. The fourth-order valence-corrected chi connectivity index (χ4v) is 3.94. The number of likely N-dealkylation sites (N-methyl/N-ethyl adjacent to an activating group) is 1. The number of hydrogen-bond donors (Lipinski definition) is 0. The molecule has 23 heavy (non-hydrogen) atoms. The van der Waals surface area contributed by atoms with Gasteiger partial charge in [0.2, 0.25) is 0 Å². The quantitative estimate of drug-likeness (QED) is 0.395. The summed E-state index contributed by atoms with van der Waals surface area (Å²) in [5.41, 5.74) is 3.16. The molecule has 1 fully saturated rings. The molecule has 0 bridgehead atoms. The van der Waals surface area contributed by atoms with Gasteiger partial charge in [0, 0.05) is 13.1 Å². The Morgan fingerprint density at radius 3 is 2.35 bits per heavy atom. The number of rotatable bonds is 4. The lowest BCUT2D eigenvalue weighted by Crippen LogP contribution is -3.00. The van der Waals surface area contributed by atoms with Gasteiger partial charge in [0.05, 0.1) is 32.7 Å². The summed E-state index contributed by atoms with van der Waals surface area (Å²) in [6.07, 6.45) is 7.83. The maximum Gasteiger partial charge on any atom is 0.0914 e. The van der Waals surface area contributed by atoms with Gasteiger partial charge in [-0.3, -0.25) is 4.90 Å². The molecule has 1 atom stereocenters. The van der Waals surface area contributed by atoms with Crippen LogP contribution < -0.4 is 24.0 Å². The molecule has 0 spiro atoms. The van der Waals surface area contributed by atoms with Gasteiger partial charge in [-0.1, -0.05) is 42.0 Å². The molecule has 1 heterocycles. The highest BCUT2D eigenvalue weighted by molar-refractivity contribution is 5.29. The summed E-state index contributed by atoms with van der Waals surface area (Å²) in [5.74, 6) is 0. The van der Waals surface area contributed by atoms with Gasteiger partial charge in [0.25, 0.3) is 0 Å². The number of halogens is 1. The number of quaternary nitrogens is 1. The van der Waals surface area contributed by atoms with Crippen molar-refractivity contribution in [2.45, 2.75) is 38.6 Å². The molecule has 1 saturated heterocycles. The van der Waals surface area contributed by atoms with Crippen LogP contribution in [-0.4, -0.2) is 49.2 Å². The molecule has 3 rings (SSSR count). The third-order valence-electron chi connectivity index (χ3n) is 5.78. The lowest BCUT2D eigenvalue weighted by Gasteiger charge is -2.45. The van der Waals surface area contributed by atoms with Crippen LogP contribution in [0, 0.1) is 0 Å². The van der Waals surface area contributed by atoms with E-state index in [-0.39, 0.29) is 24.0 Å². The third kappa shape index (κ3) is 4.58. The first-order valence-corrected chi connectivity index (χ1v) is 9.03. The van der Waals surface area contributed by atoms with Crippen LogP contribution in [0.15, 0.2) is 42.0 Å². The topological polar surface area (TPSA) is 3.24 Å². The van der Waals surface area contributed by atoms with Gasteiger partial charge < -0.3 is 28.5 Å². The molecule has 1 aliphatic heterocycles. The first-order valence-electron chi connectivity index (χ1n) is 9.03. The van der Waals surface area contributed by atoms with Crippen molar-refractivity contribution < 1.29 is 28.5 Å². The maximum absolute atomic E-state index is 2.74. The van der Waals surface area contributed by atoms with E-state index in [0.717, 1.165) is 0 Å².